The lowest BCUT2D eigenvalue weighted by molar-refractivity contribution is -0.120. The van der Waals surface area contributed by atoms with Gasteiger partial charge in [-0.1, -0.05) is 53.3 Å². The lowest BCUT2D eigenvalue weighted by atomic mass is 9.78. The molecule has 1 aromatic carbocycles. The minimum Gasteiger partial charge on any atom is -0.507 e. The van der Waals surface area contributed by atoms with Gasteiger partial charge in [0.1, 0.15) is 5.75 Å². The summed E-state index contributed by atoms with van der Waals surface area (Å²) in [6.45, 7) is 12.1. The van der Waals surface area contributed by atoms with Gasteiger partial charge in [0.2, 0.25) is 10.0 Å². The van der Waals surface area contributed by atoms with E-state index in [0.29, 0.717) is 4.91 Å². The largest absolute Gasteiger partial charge is 0.507 e. The van der Waals surface area contributed by atoms with Gasteiger partial charge in [0.25, 0.3) is 5.91 Å². The van der Waals surface area contributed by atoms with Crippen LogP contribution < -0.4 is 0 Å². The molecule has 1 aromatic rings. The first-order valence-corrected chi connectivity index (χ1v) is 11.2. The monoisotopic (exact) mass is 397 g/mol. The molecule has 0 bridgehead atoms. The molecule has 1 N–H and O–H groups in total. The number of nitrogens with zero attached hydrogens (tertiary/aromatic N) is 1. The first-order valence-electron chi connectivity index (χ1n) is 8.37. The van der Waals surface area contributed by atoms with Gasteiger partial charge in [-0.15, -0.1) is 0 Å². The Morgan fingerprint density at radius 3 is 1.88 bits per heavy atom. The van der Waals surface area contributed by atoms with Crippen molar-refractivity contribution >= 4 is 33.8 Å². The van der Waals surface area contributed by atoms with Gasteiger partial charge in [-0.05, 0) is 34.6 Å². The highest BCUT2D eigenvalue weighted by molar-refractivity contribution is 8.05. The standard InChI is InChI=1S/C19H27NO4S2/c1-18(2,3)13-8-12(9-14(16(13)21)19(4,5)6)10-15-17(22)20(11-25-15)26(7,23)24/h8-10,21H,11H2,1-7H3/b15-10+. The fourth-order valence-electron chi connectivity index (χ4n) is 2.76. The van der Waals surface area contributed by atoms with E-state index in [4.69, 9.17) is 0 Å². The molecule has 5 nitrogen and oxygen atoms in total. The van der Waals surface area contributed by atoms with Crippen molar-refractivity contribution in [2.45, 2.75) is 52.4 Å². The zero-order chi connectivity index (χ0) is 20.1. The maximum Gasteiger partial charge on any atom is 0.274 e. The third-order valence-electron chi connectivity index (χ3n) is 4.22. The Balaban J connectivity index is 2.59. The molecular formula is C19H27NO4S2. The smallest absolute Gasteiger partial charge is 0.274 e. The van der Waals surface area contributed by atoms with Gasteiger partial charge in [0.15, 0.2) is 0 Å². The number of phenols is 1. The number of aromatic hydroxyl groups is 1. The van der Waals surface area contributed by atoms with E-state index in [1.54, 1.807) is 6.08 Å². The number of thioether (sulfide) groups is 1. The number of hydrogen-bond acceptors (Lipinski definition) is 5. The Bertz CT molecular complexity index is 837. The summed E-state index contributed by atoms with van der Waals surface area (Å²) in [6.07, 6.45) is 2.74. The summed E-state index contributed by atoms with van der Waals surface area (Å²) < 4.78 is 24.3. The maximum absolute atomic E-state index is 12.4. The minimum absolute atomic E-state index is 0.0971. The average molecular weight is 398 g/mol. The van der Waals surface area contributed by atoms with Gasteiger partial charge in [-0.2, -0.15) is 0 Å². The molecule has 0 aromatic heterocycles. The number of phenolic OH excluding ortho intramolecular Hbond substituents is 1. The van der Waals surface area contributed by atoms with Crippen LogP contribution in [-0.2, 0) is 25.6 Å². The number of amides is 1. The fourth-order valence-corrected chi connectivity index (χ4v) is 4.96. The molecule has 1 aliphatic heterocycles. The molecule has 1 aliphatic rings. The topological polar surface area (TPSA) is 74.7 Å². The fraction of sp³-hybridized carbons (Fsp3) is 0.526. The second kappa shape index (κ2) is 6.60. The molecule has 0 atom stereocenters. The van der Waals surface area contributed by atoms with Gasteiger partial charge >= 0.3 is 0 Å². The SMILES string of the molecule is CC(C)(C)c1cc(/C=C2/SCN(S(C)(=O)=O)C2=O)cc(C(C)(C)C)c1O. The Kier molecular flexibility index (Phi) is 5.29. The summed E-state index contributed by atoms with van der Waals surface area (Å²) in [6, 6.07) is 3.74. The quantitative estimate of drug-likeness (QED) is 0.768. The Morgan fingerprint density at radius 1 is 1.08 bits per heavy atom. The Labute approximate surface area is 160 Å². The Hall–Kier alpha value is -1.47. The van der Waals surface area contributed by atoms with Gasteiger partial charge in [0.05, 0.1) is 17.0 Å². The molecule has 26 heavy (non-hydrogen) atoms. The van der Waals surface area contributed by atoms with Crippen molar-refractivity contribution < 1.29 is 18.3 Å². The van der Waals surface area contributed by atoms with Gasteiger partial charge < -0.3 is 5.11 Å². The van der Waals surface area contributed by atoms with Crippen LogP contribution in [0.3, 0.4) is 0 Å². The average Bonchev–Trinajstić information content (AvgIpc) is 2.79. The summed E-state index contributed by atoms with van der Waals surface area (Å²) in [5, 5.41) is 10.8. The lowest BCUT2D eigenvalue weighted by Crippen LogP contribution is -2.30. The molecule has 1 heterocycles. The normalized spacial score (nSPS) is 18.0. The van der Waals surface area contributed by atoms with Crippen LogP contribution in [0.5, 0.6) is 5.75 Å². The maximum atomic E-state index is 12.4. The first kappa shape index (κ1) is 20.8. The summed E-state index contributed by atoms with van der Waals surface area (Å²) in [5.41, 5.74) is 1.83. The molecule has 1 saturated heterocycles. The van der Waals surface area contributed by atoms with Crippen molar-refractivity contribution in [3.63, 3.8) is 0 Å². The predicted octanol–water partition coefficient (Wildman–Crippen LogP) is 3.82. The molecule has 2 rings (SSSR count). The third kappa shape index (κ3) is 4.26. The lowest BCUT2D eigenvalue weighted by Gasteiger charge is -2.28. The summed E-state index contributed by atoms with van der Waals surface area (Å²) >= 11 is 1.21. The van der Waals surface area contributed by atoms with Gasteiger partial charge in [-0.25, -0.2) is 12.7 Å². The second-order valence-electron chi connectivity index (χ2n) is 8.66. The van der Waals surface area contributed by atoms with E-state index in [1.165, 1.54) is 11.8 Å². The predicted molar refractivity (Wildman–Crippen MR) is 108 cm³/mol. The van der Waals surface area contributed by atoms with Crippen LogP contribution in [0.4, 0.5) is 0 Å². The minimum atomic E-state index is -3.56. The number of benzene rings is 1. The van der Waals surface area contributed by atoms with Crippen molar-refractivity contribution in [1.82, 2.24) is 4.31 Å². The first-order chi connectivity index (χ1) is 11.6. The number of rotatable bonds is 2. The molecule has 0 unspecified atom stereocenters. The van der Waals surface area contributed by atoms with E-state index in [-0.39, 0.29) is 22.5 Å². The highest BCUT2D eigenvalue weighted by Gasteiger charge is 2.33. The van der Waals surface area contributed by atoms with Crippen molar-refractivity contribution in [2.24, 2.45) is 0 Å². The van der Waals surface area contributed by atoms with E-state index in [1.807, 2.05) is 53.7 Å². The van der Waals surface area contributed by atoms with Crippen LogP contribution in [0.2, 0.25) is 0 Å². The number of sulfonamides is 1. The van der Waals surface area contributed by atoms with E-state index in [2.05, 4.69) is 0 Å². The van der Waals surface area contributed by atoms with Crippen molar-refractivity contribution in [1.29, 1.82) is 0 Å². The van der Waals surface area contributed by atoms with E-state index in [0.717, 1.165) is 27.3 Å². The Morgan fingerprint density at radius 2 is 1.54 bits per heavy atom. The van der Waals surface area contributed by atoms with E-state index in [9.17, 15) is 18.3 Å². The second-order valence-corrected chi connectivity index (χ2v) is 11.6. The molecular weight excluding hydrogens is 370 g/mol. The van der Waals surface area contributed by atoms with Gasteiger partial charge in [0, 0.05) is 11.1 Å². The molecule has 0 spiro atoms. The van der Waals surface area contributed by atoms with Crippen LogP contribution in [0.15, 0.2) is 17.0 Å². The van der Waals surface area contributed by atoms with Crippen LogP contribution >= 0.6 is 11.8 Å². The van der Waals surface area contributed by atoms with Crippen LogP contribution in [-0.4, -0.2) is 35.9 Å². The van der Waals surface area contributed by atoms with Crippen molar-refractivity contribution in [2.75, 3.05) is 12.1 Å². The van der Waals surface area contributed by atoms with Gasteiger partial charge in [-0.3, -0.25) is 4.79 Å². The number of carbonyl (C=O) groups excluding carboxylic acids is 1. The highest BCUT2D eigenvalue weighted by atomic mass is 32.2. The highest BCUT2D eigenvalue weighted by Crippen LogP contribution is 2.41. The third-order valence-corrected chi connectivity index (χ3v) is 6.47. The molecule has 0 aliphatic carbocycles. The summed E-state index contributed by atoms with van der Waals surface area (Å²) in [4.78, 5) is 12.8. The van der Waals surface area contributed by atoms with Crippen molar-refractivity contribution in [3.8, 4) is 5.75 Å². The number of carbonyl (C=O) groups is 1. The summed E-state index contributed by atoms with van der Waals surface area (Å²) in [7, 11) is -3.56. The zero-order valence-electron chi connectivity index (χ0n) is 16.4. The van der Waals surface area contributed by atoms with Crippen LogP contribution in [0.25, 0.3) is 6.08 Å². The van der Waals surface area contributed by atoms with E-state index < -0.39 is 15.9 Å². The molecule has 7 heteroatoms. The summed E-state index contributed by atoms with van der Waals surface area (Å²) in [5.74, 6) is -0.129. The molecule has 144 valence electrons. The van der Waals surface area contributed by atoms with Crippen molar-refractivity contribution in [3.05, 3.63) is 33.7 Å². The molecule has 1 amide bonds. The number of hydrogen-bond donors (Lipinski definition) is 1. The molecule has 1 fully saturated rings. The van der Waals surface area contributed by atoms with E-state index >= 15 is 0 Å². The molecule has 0 radical (unpaired) electrons. The zero-order valence-corrected chi connectivity index (χ0v) is 18.0. The van der Waals surface area contributed by atoms with Crippen LogP contribution in [0, 0.1) is 0 Å². The van der Waals surface area contributed by atoms with Crippen LogP contribution in [0.1, 0.15) is 58.2 Å². The molecule has 0 saturated carbocycles.